The molecule has 19 heavy (non-hydrogen) atoms. The summed E-state index contributed by atoms with van der Waals surface area (Å²) in [4.78, 5) is 14.1. The average Bonchev–Trinajstić information content (AvgIpc) is 2.90. The molecule has 0 spiro atoms. The van der Waals surface area contributed by atoms with Crippen LogP contribution in [0, 0.1) is 11.3 Å². The lowest BCUT2D eigenvalue weighted by Crippen LogP contribution is -2.44. The molecule has 1 amide bonds. The molecule has 0 aliphatic carbocycles. The van der Waals surface area contributed by atoms with Gasteiger partial charge in [0.25, 0.3) is 5.91 Å². The van der Waals surface area contributed by atoms with Crippen molar-refractivity contribution < 1.29 is 9.21 Å². The van der Waals surface area contributed by atoms with E-state index in [0.717, 1.165) is 38.1 Å². The van der Waals surface area contributed by atoms with Gasteiger partial charge in [-0.15, -0.1) is 0 Å². The highest BCUT2D eigenvalue weighted by atomic mass is 16.3. The number of hydrogen-bond acceptors (Lipinski definition) is 4. The molecule has 0 atom stereocenters. The van der Waals surface area contributed by atoms with Gasteiger partial charge < -0.3 is 9.73 Å². The van der Waals surface area contributed by atoms with Gasteiger partial charge in [0.15, 0.2) is 5.76 Å². The van der Waals surface area contributed by atoms with Crippen LogP contribution in [0.15, 0.2) is 16.5 Å². The summed E-state index contributed by atoms with van der Waals surface area (Å²) in [5.74, 6) is 1.07. The van der Waals surface area contributed by atoms with Gasteiger partial charge in [-0.05, 0) is 25.0 Å². The number of rotatable bonds is 4. The van der Waals surface area contributed by atoms with Gasteiger partial charge in [-0.2, -0.15) is 5.26 Å². The van der Waals surface area contributed by atoms with Gasteiger partial charge in [0, 0.05) is 25.6 Å². The van der Waals surface area contributed by atoms with Gasteiger partial charge in [0.05, 0.1) is 12.6 Å². The second-order valence-electron chi connectivity index (χ2n) is 4.80. The number of amides is 1. The molecule has 5 nitrogen and oxygen atoms in total. The van der Waals surface area contributed by atoms with Gasteiger partial charge >= 0.3 is 0 Å². The molecule has 1 aliphatic rings. The van der Waals surface area contributed by atoms with Crippen molar-refractivity contribution in [2.24, 2.45) is 0 Å². The van der Waals surface area contributed by atoms with E-state index in [9.17, 15) is 4.79 Å². The first-order chi connectivity index (χ1) is 9.22. The molecule has 1 aliphatic heterocycles. The zero-order valence-corrected chi connectivity index (χ0v) is 11.2. The molecule has 2 heterocycles. The fourth-order valence-electron chi connectivity index (χ4n) is 2.28. The van der Waals surface area contributed by atoms with Crippen LogP contribution in [0.1, 0.15) is 36.1 Å². The van der Waals surface area contributed by atoms with Gasteiger partial charge in [0.1, 0.15) is 5.76 Å². The highest BCUT2D eigenvalue weighted by Gasteiger charge is 2.21. The smallest absolute Gasteiger partial charge is 0.287 e. The van der Waals surface area contributed by atoms with Crippen molar-refractivity contribution in [1.29, 1.82) is 5.26 Å². The fourth-order valence-corrected chi connectivity index (χ4v) is 2.28. The summed E-state index contributed by atoms with van der Waals surface area (Å²) in [6.07, 6.45) is 2.56. The van der Waals surface area contributed by atoms with Crippen molar-refractivity contribution in [1.82, 2.24) is 10.2 Å². The average molecular weight is 261 g/mol. The molecule has 1 fully saturated rings. The summed E-state index contributed by atoms with van der Waals surface area (Å²) in [6, 6.07) is 5.89. The maximum absolute atomic E-state index is 12.0. The van der Waals surface area contributed by atoms with Crippen molar-refractivity contribution in [2.75, 3.05) is 19.6 Å². The van der Waals surface area contributed by atoms with Crippen LogP contribution < -0.4 is 5.32 Å². The molecule has 1 saturated heterocycles. The number of likely N-dealkylation sites (tertiary alicyclic amines) is 1. The second-order valence-corrected chi connectivity index (χ2v) is 4.80. The summed E-state index contributed by atoms with van der Waals surface area (Å²) < 4.78 is 5.43. The highest BCUT2D eigenvalue weighted by molar-refractivity contribution is 5.91. The Kier molecular flexibility index (Phi) is 4.58. The lowest BCUT2D eigenvalue weighted by Gasteiger charge is -2.30. The molecule has 0 aromatic carbocycles. The van der Waals surface area contributed by atoms with Gasteiger partial charge in [-0.25, -0.2) is 0 Å². The van der Waals surface area contributed by atoms with Crippen LogP contribution in [0.2, 0.25) is 0 Å². The Morgan fingerprint density at radius 3 is 2.84 bits per heavy atom. The Balaban J connectivity index is 1.82. The van der Waals surface area contributed by atoms with Crippen LogP contribution in [-0.2, 0) is 6.42 Å². The van der Waals surface area contributed by atoms with Gasteiger partial charge in [-0.1, -0.05) is 6.92 Å². The van der Waals surface area contributed by atoms with Crippen LogP contribution in [0.5, 0.6) is 0 Å². The zero-order chi connectivity index (χ0) is 13.7. The van der Waals surface area contributed by atoms with Crippen molar-refractivity contribution in [3.63, 3.8) is 0 Å². The second kappa shape index (κ2) is 6.39. The minimum Gasteiger partial charge on any atom is -0.456 e. The summed E-state index contributed by atoms with van der Waals surface area (Å²) in [5.41, 5.74) is 0. The molecule has 1 aromatic heterocycles. The number of furan rings is 1. The van der Waals surface area contributed by atoms with Crippen LogP contribution >= 0.6 is 0 Å². The largest absolute Gasteiger partial charge is 0.456 e. The van der Waals surface area contributed by atoms with Crippen LogP contribution in [0.4, 0.5) is 0 Å². The number of nitrogens with one attached hydrogen (secondary N) is 1. The molecular formula is C14H19N3O2. The Labute approximate surface area is 113 Å². The Hall–Kier alpha value is -1.80. The third kappa shape index (κ3) is 3.58. The molecule has 2 rings (SSSR count). The standard InChI is InChI=1S/C14H19N3O2/c1-2-12-3-4-13(19-12)14(18)16-11-5-8-17(9-6-11)10-7-15/h3-4,11H,2,5-6,8-10H2,1H3,(H,16,18). The van der Waals surface area contributed by atoms with Crippen molar-refractivity contribution in [2.45, 2.75) is 32.2 Å². The van der Waals surface area contributed by atoms with Crippen LogP contribution in [0.25, 0.3) is 0 Å². The molecule has 1 N–H and O–H groups in total. The van der Waals surface area contributed by atoms with E-state index in [0.29, 0.717) is 12.3 Å². The quantitative estimate of drug-likeness (QED) is 0.835. The number of nitriles is 1. The minimum atomic E-state index is -0.140. The topological polar surface area (TPSA) is 69.3 Å². The van der Waals surface area contributed by atoms with Crippen LogP contribution in [0.3, 0.4) is 0 Å². The lowest BCUT2D eigenvalue weighted by molar-refractivity contribution is 0.0884. The molecule has 102 valence electrons. The Morgan fingerprint density at radius 1 is 1.53 bits per heavy atom. The number of carbonyl (C=O) groups is 1. The number of aryl methyl sites for hydroxylation is 1. The molecule has 0 radical (unpaired) electrons. The van der Waals surface area contributed by atoms with Gasteiger partial charge in [0.2, 0.25) is 0 Å². The predicted molar refractivity (Wildman–Crippen MR) is 70.6 cm³/mol. The van der Waals surface area contributed by atoms with Gasteiger partial charge in [-0.3, -0.25) is 9.69 Å². The highest BCUT2D eigenvalue weighted by Crippen LogP contribution is 2.12. The molecule has 5 heteroatoms. The SMILES string of the molecule is CCc1ccc(C(=O)NC2CCN(CC#N)CC2)o1. The zero-order valence-electron chi connectivity index (χ0n) is 11.2. The fraction of sp³-hybridized carbons (Fsp3) is 0.571. The lowest BCUT2D eigenvalue weighted by atomic mass is 10.1. The van der Waals surface area contributed by atoms with Crippen LogP contribution in [-0.4, -0.2) is 36.5 Å². The maximum Gasteiger partial charge on any atom is 0.287 e. The number of carbonyl (C=O) groups excluding carboxylic acids is 1. The number of hydrogen-bond donors (Lipinski definition) is 1. The maximum atomic E-state index is 12.0. The van der Waals surface area contributed by atoms with E-state index < -0.39 is 0 Å². The molecular weight excluding hydrogens is 242 g/mol. The number of piperidine rings is 1. The Bertz CT molecular complexity index is 467. The van der Waals surface area contributed by atoms with E-state index in [-0.39, 0.29) is 11.9 Å². The first-order valence-corrected chi connectivity index (χ1v) is 6.71. The first kappa shape index (κ1) is 13.6. The third-order valence-electron chi connectivity index (χ3n) is 3.45. The van der Waals surface area contributed by atoms with Crippen molar-refractivity contribution in [3.05, 3.63) is 23.7 Å². The summed E-state index contributed by atoms with van der Waals surface area (Å²) in [7, 11) is 0. The molecule has 1 aromatic rings. The summed E-state index contributed by atoms with van der Waals surface area (Å²) in [5, 5.41) is 11.6. The first-order valence-electron chi connectivity index (χ1n) is 6.71. The molecule has 0 saturated carbocycles. The Morgan fingerprint density at radius 2 is 2.26 bits per heavy atom. The summed E-state index contributed by atoms with van der Waals surface area (Å²) in [6.45, 7) is 4.18. The minimum absolute atomic E-state index is 0.140. The molecule has 0 bridgehead atoms. The van der Waals surface area contributed by atoms with E-state index in [4.69, 9.17) is 9.68 Å². The molecule has 0 unspecified atom stereocenters. The van der Waals surface area contributed by atoms with Crippen molar-refractivity contribution >= 4 is 5.91 Å². The normalized spacial score (nSPS) is 17.1. The predicted octanol–water partition coefficient (Wildman–Crippen LogP) is 1.56. The van der Waals surface area contributed by atoms with Crippen molar-refractivity contribution in [3.8, 4) is 6.07 Å². The monoisotopic (exact) mass is 261 g/mol. The number of nitrogens with zero attached hydrogens (tertiary/aromatic N) is 2. The van der Waals surface area contributed by atoms with E-state index in [2.05, 4.69) is 16.3 Å². The van der Waals surface area contributed by atoms with E-state index in [1.54, 1.807) is 6.07 Å². The van der Waals surface area contributed by atoms with E-state index in [1.165, 1.54) is 0 Å². The van der Waals surface area contributed by atoms with E-state index in [1.807, 2.05) is 13.0 Å². The van der Waals surface area contributed by atoms with E-state index >= 15 is 0 Å². The summed E-state index contributed by atoms with van der Waals surface area (Å²) >= 11 is 0. The third-order valence-corrected chi connectivity index (χ3v) is 3.45.